The summed E-state index contributed by atoms with van der Waals surface area (Å²) in [6, 6.07) is 37.2. The summed E-state index contributed by atoms with van der Waals surface area (Å²) in [5, 5.41) is 3.63. The van der Waals surface area contributed by atoms with Crippen LogP contribution in [0, 0.1) is 0 Å². The number of fused-ring (bicyclic) bond motifs is 8. The fourth-order valence-electron chi connectivity index (χ4n) is 8.25. The van der Waals surface area contributed by atoms with Crippen molar-refractivity contribution >= 4 is 18.5 Å². The number of halogens is 2. The van der Waals surface area contributed by atoms with Crippen LogP contribution in [0.1, 0.15) is 81.9 Å². The van der Waals surface area contributed by atoms with Gasteiger partial charge in [-0.05, 0) is 0 Å². The quantitative estimate of drug-likeness (QED) is 0.209. The molecule has 0 amide bonds. The maximum absolute atomic E-state index is 2.73. The van der Waals surface area contributed by atoms with Gasteiger partial charge in [0.15, 0.2) is 0 Å². The van der Waals surface area contributed by atoms with Crippen LogP contribution in [0.25, 0.3) is 32.6 Å². The Morgan fingerprint density at radius 1 is 0.545 bits per heavy atom. The van der Waals surface area contributed by atoms with Crippen LogP contribution in [0.2, 0.25) is 13.1 Å². The molecule has 0 spiro atoms. The Balaban J connectivity index is 0.00000192. The van der Waals surface area contributed by atoms with E-state index in [4.69, 9.17) is 0 Å². The smallest absolute Gasteiger partial charge is 1.00 e. The van der Waals surface area contributed by atoms with Gasteiger partial charge in [0.05, 0.1) is 0 Å². The third-order valence-corrected chi connectivity index (χ3v) is 18.5. The van der Waals surface area contributed by atoms with Gasteiger partial charge >= 0.3 is 267 Å². The van der Waals surface area contributed by atoms with E-state index in [1.165, 1.54) is 60.8 Å². The molecule has 0 N–H and O–H groups in total. The Morgan fingerprint density at radius 2 is 0.955 bits per heavy atom. The fraction of sp³-hybridized carbons (Fsp3) is 0.300. The van der Waals surface area contributed by atoms with E-state index in [1.807, 2.05) is 21.5 Å². The zero-order valence-corrected chi connectivity index (χ0v) is 31.4. The van der Waals surface area contributed by atoms with E-state index < -0.39 is 31.3 Å². The molecule has 4 aromatic rings. The first-order valence-corrected chi connectivity index (χ1v) is 22.0. The van der Waals surface area contributed by atoms with Crippen LogP contribution < -0.4 is 24.8 Å². The summed E-state index contributed by atoms with van der Waals surface area (Å²) in [4.78, 5) is 0. The van der Waals surface area contributed by atoms with Crippen LogP contribution in [0.15, 0.2) is 108 Å². The zero-order chi connectivity index (χ0) is 28.8. The molecule has 4 heteroatoms. The van der Waals surface area contributed by atoms with Crippen molar-refractivity contribution in [3.63, 3.8) is 0 Å². The standard InChI is InChI=1S/C40H42Si.2ClH.Zr/c1-5-7-17-33-27-31-23-15-25-35(29-19-11-9-12-20-29)37(31)39(33)41(3,4)40-34(18-8-6-2)28-32-24-16-26-36(38(32)40)30-21-13-10-14-22-30;;;/h9-16,19-28H,5-8,17-18H2,1-4H3;2*1H;/q;;;+2/p-2. The number of hydrogen-bond acceptors (Lipinski definition) is 0. The van der Waals surface area contributed by atoms with E-state index in [0.29, 0.717) is 7.25 Å². The second-order valence-electron chi connectivity index (χ2n) is 12.9. The molecule has 0 radical (unpaired) electrons. The Bertz CT molecular complexity index is 1580. The van der Waals surface area contributed by atoms with Crippen molar-refractivity contribution in [1.82, 2.24) is 0 Å². The number of hydrogen-bond donors (Lipinski definition) is 0. The van der Waals surface area contributed by atoms with Crippen molar-refractivity contribution in [1.29, 1.82) is 0 Å². The molecule has 224 valence electrons. The van der Waals surface area contributed by atoms with Crippen molar-refractivity contribution in [3.05, 3.63) is 130 Å². The van der Waals surface area contributed by atoms with Crippen LogP contribution in [-0.2, 0) is 23.2 Å². The van der Waals surface area contributed by atoms with Crippen molar-refractivity contribution in [2.45, 2.75) is 72.7 Å². The molecule has 2 aliphatic carbocycles. The minimum absolute atomic E-state index is 0. The summed E-state index contributed by atoms with van der Waals surface area (Å²) in [5.74, 6) is 0. The SMILES string of the molecule is CCCCC1=C2c3c(-c4ccccc4)cccc3[CH]1[Zr+2][CH]1C(CCCC)=C(c3c(-c4ccccc4)cccc31)[Si]2(C)C.[Cl-].[Cl-]. The Kier molecular flexibility index (Phi) is 10.5. The van der Waals surface area contributed by atoms with E-state index in [-0.39, 0.29) is 24.8 Å². The molecular weight excluding hydrogens is 671 g/mol. The molecule has 2 atom stereocenters. The minimum Gasteiger partial charge on any atom is -1.00 e. The van der Waals surface area contributed by atoms with Crippen molar-refractivity contribution in [2.24, 2.45) is 0 Å². The first kappa shape index (κ1) is 33.4. The largest absolute Gasteiger partial charge is 1.00 e. The molecule has 0 nitrogen and oxygen atoms in total. The molecule has 2 unspecified atom stereocenters. The van der Waals surface area contributed by atoms with Crippen molar-refractivity contribution in [2.75, 3.05) is 0 Å². The molecule has 0 saturated carbocycles. The van der Waals surface area contributed by atoms with Crippen LogP contribution in [0.5, 0.6) is 0 Å². The normalized spacial score (nSPS) is 18.6. The Labute approximate surface area is 289 Å². The van der Waals surface area contributed by atoms with Gasteiger partial charge in [0.2, 0.25) is 0 Å². The predicted octanol–water partition coefficient (Wildman–Crippen LogP) is 5.61. The first-order valence-electron chi connectivity index (χ1n) is 16.2. The van der Waals surface area contributed by atoms with Gasteiger partial charge in [0, 0.05) is 0 Å². The van der Waals surface area contributed by atoms with Gasteiger partial charge in [-0.3, -0.25) is 0 Å². The molecule has 0 aromatic heterocycles. The van der Waals surface area contributed by atoms with E-state index in [9.17, 15) is 0 Å². The topological polar surface area (TPSA) is 0 Å². The molecule has 1 heterocycles. The van der Waals surface area contributed by atoms with E-state index >= 15 is 0 Å². The first-order chi connectivity index (χ1) is 20.6. The fourth-order valence-corrected chi connectivity index (χ4v) is 18.5. The molecule has 0 fully saturated rings. The summed E-state index contributed by atoms with van der Waals surface area (Å²) in [5.41, 5.74) is 16.1. The molecule has 3 aliphatic rings. The minimum atomic E-state index is -2.12. The molecule has 7 rings (SSSR count). The second-order valence-corrected chi connectivity index (χ2v) is 20.8. The average molecular weight is 713 g/mol. The molecule has 4 aromatic carbocycles. The number of unbranched alkanes of at least 4 members (excludes halogenated alkanes) is 2. The summed E-state index contributed by atoms with van der Waals surface area (Å²) >= 11 is -0.932. The maximum atomic E-state index is 2.73. The van der Waals surface area contributed by atoms with E-state index in [1.54, 1.807) is 22.3 Å². The van der Waals surface area contributed by atoms with Crippen LogP contribution >= 0.6 is 0 Å². The summed E-state index contributed by atoms with van der Waals surface area (Å²) in [7, 11) is -2.12. The van der Waals surface area contributed by atoms with Gasteiger partial charge in [-0.25, -0.2) is 0 Å². The maximum Gasteiger partial charge on any atom is -1.00 e. The Morgan fingerprint density at radius 3 is 1.34 bits per heavy atom. The van der Waals surface area contributed by atoms with E-state index in [2.05, 4.69) is 124 Å². The molecule has 0 saturated heterocycles. The van der Waals surface area contributed by atoms with Gasteiger partial charge in [-0.2, -0.15) is 0 Å². The summed E-state index contributed by atoms with van der Waals surface area (Å²) in [6.07, 6.45) is 7.71. The molecule has 44 heavy (non-hydrogen) atoms. The van der Waals surface area contributed by atoms with Gasteiger partial charge in [0.25, 0.3) is 0 Å². The molecule has 1 aliphatic heterocycles. The number of allylic oxidation sites excluding steroid dienone is 2. The van der Waals surface area contributed by atoms with Crippen LogP contribution in [-0.4, -0.2) is 8.07 Å². The summed E-state index contributed by atoms with van der Waals surface area (Å²) in [6.45, 7) is 10.2. The predicted molar refractivity (Wildman–Crippen MR) is 180 cm³/mol. The third kappa shape index (κ3) is 5.43. The van der Waals surface area contributed by atoms with Crippen LogP contribution in [0.3, 0.4) is 0 Å². The average Bonchev–Trinajstić information content (AvgIpc) is 3.54. The van der Waals surface area contributed by atoms with Crippen molar-refractivity contribution in [3.8, 4) is 22.3 Å². The number of benzene rings is 4. The van der Waals surface area contributed by atoms with Crippen molar-refractivity contribution < 1.29 is 48.0 Å². The van der Waals surface area contributed by atoms with Gasteiger partial charge in [-0.1, -0.05) is 0 Å². The third-order valence-electron chi connectivity index (χ3n) is 10.0. The van der Waals surface area contributed by atoms with Gasteiger partial charge in [-0.15, -0.1) is 0 Å². The molecule has 4 bridgehead atoms. The number of rotatable bonds is 8. The Hall–Kier alpha value is -1.96. The van der Waals surface area contributed by atoms with Crippen LogP contribution in [0.4, 0.5) is 0 Å². The molecular formula is C40H42Cl2SiZr. The summed E-state index contributed by atoms with van der Waals surface area (Å²) < 4.78 is 1.38. The zero-order valence-electron chi connectivity index (χ0n) is 26.4. The second kappa shape index (κ2) is 13.8. The van der Waals surface area contributed by atoms with Gasteiger partial charge in [0.1, 0.15) is 0 Å². The monoisotopic (exact) mass is 710 g/mol. The van der Waals surface area contributed by atoms with Gasteiger partial charge < -0.3 is 24.8 Å². The van der Waals surface area contributed by atoms with E-state index in [0.717, 1.165) is 0 Å².